The maximum atomic E-state index is 13.0. The fraction of sp³-hybridized carbons (Fsp3) is 0.393. The second-order valence-electron chi connectivity index (χ2n) is 10.6. The third-order valence-electron chi connectivity index (χ3n) is 8.34. The number of fused-ring (bicyclic) bond motifs is 6. The number of nitriles is 1. The molecule has 9 heteroatoms. The third kappa shape index (κ3) is 3.63. The van der Waals surface area contributed by atoms with Crippen LogP contribution >= 0.6 is 0 Å². The summed E-state index contributed by atoms with van der Waals surface area (Å²) in [6.45, 7) is 1.88. The number of hydrogen-bond donors (Lipinski definition) is 4. The van der Waals surface area contributed by atoms with Crippen molar-refractivity contribution in [1.82, 2.24) is 19.3 Å². The zero-order chi connectivity index (χ0) is 26.0. The van der Waals surface area contributed by atoms with Crippen molar-refractivity contribution >= 4 is 10.9 Å². The lowest BCUT2D eigenvalue weighted by Crippen LogP contribution is -2.43. The maximum absolute atomic E-state index is 13.0. The summed E-state index contributed by atoms with van der Waals surface area (Å²) in [4.78, 5) is 13.0. The average molecular weight is 500 g/mol. The minimum absolute atomic E-state index is 0.0202. The highest BCUT2D eigenvalue weighted by Crippen LogP contribution is 2.40. The molecule has 6 rings (SSSR count). The number of hydrogen-bond acceptors (Lipinski definition) is 6. The van der Waals surface area contributed by atoms with Gasteiger partial charge in [0.05, 0.1) is 29.5 Å². The molecule has 1 aliphatic carbocycles. The van der Waals surface area contributed by atoms with E-state index in [2.05, 4.69) is 34.0 Å². The van der Waals surface area contributed by atoms with Crippen molar-refractivity contribution in [2.45, 2.75) is 44.3 Å². The van der Waals surface area contributed by atoms with Crippen molar-refractivity contribution in [3.63, 3.8) is 0 Å². The molecule has 4 bridgehead atoms. The molecule has 0 radical (unpaired) electrons. The third-order valence-corrected chi connectivity index (χ3v) is 8.34. The second-order valence-corrected chi connectivity index (χ2v) is 10.6. The van der Waals surface area contributed by atoms with Crippen LogP contribution in [0.25, 0.3) is 28.0 Å². The predicted molar refractivity (Wildman–Crippen MR) is 137 cm³/mol. The number of nitrogens with one attached hydrogen (secondary N) is 1. The molecule has 2 aromatic carbocycles. The summed E-state index contributed by atoms with van der Waals surface area (Å²) in [5.74, 6) is -0.0478. The van der Waals surface area contributed by atoms with Crippen LogP contribution in [0.15, 0.2) is 41.3 Å². The first-order valence-corrected chi connectivity index (χ1v) is 12.6. The van der Waals surface area contributed by atoms with Gasteiger partial charge in [-0.3, -0.25) is 0 Å². The summed E-state index contributed by atoms with van der Waals surface area (Å²) >= 11 is 0. The molecule has 5 unspecified atom stereocenters. The standard InChI is InChI=1S/C28H29N5O4/c1-14-20-10-21(16(8-17(20)11-29)5-15-6-18(13-34)26(36)25(35)7-15)27-30-31-28(37)33(27)19-3-4-24-22(9-19)23(14)12-32(24)2/h3-4,8-10,12,14-15,18,25-26,34-36H,5-7,13H2,1-2H3,(H,31,37). The first-order chi connectivity index (χ1) is 17.8. The van der Waals surface area contributed by atoms with Gasteiger partial charge in [0.1, 0.15) is 0 Å². The number of benzene rings is 2. The number of aromatic amines is 1. The van der Waals surface area contributed by atoms with Gasteiger partial charge in [0.15, 0.2) is 5.82 Å². The molecule has 37 heavy (non-hydrogen) atoms. The van der Waals surface area contributed by atoms with Crippen LogP contribution in [0.1, 0.15) is 47.9 Å². The van der Waals surface area contributed by atoms with Crippen LogP contribution in [0.4, 0.5) is 0 Å². The molecule has 0 saturated heterocycles. The van der Waals surface area contributed by atoms with E-state index < -0.39 is 18.1 Å². The van der Waals surface area contributed by atoms with Crippen molar-refractivity contribution in [1.29, 1.82) is 5.26 Å². The summed E-state index contributed by atoms with van der Waals surface area (Å²) < 4.78 is 3.63. The van der Waals surface area contributed by atoms with Gasteiger partial charge < -0.3 is 19.9 Å². The molecular weight excluding hydrogens is 470 g/mol. The van der Waals surface area contributed by atoms with Crippen molar-refractivity contribution in [2.75, 3.05) is 6.61 Å². The largest absolute Gasteiger partial charge is 0.396 e. The van der Waals surface area contributed by atoms with Gasteiger partial charge in [-0.2, -0.15) is 10.4 Å². The molecule has 1 saturated carbocycles. The number of nitrogens with zero attached hydrogens (tertiary/aromatic N) is 4. The Hall–Kier alpha value is -3.71. The smallest absolute Gasteiger partial charge is 0.348 e. The Balaban J connectivity index is 1.57. The Morgan fingerprint density at radius 2 is 2.00 bits per heavy atom. The van der Waals surface area contributed by atoms with E-state index >= 15 is 0 Å². The molecule has 2 aliphatic rings. The fourth-order valence-corrected chi connectivity index (χ4v) is 6.39. The van der Waals surface area contributed by atoms with E-state index in [-0.39, 0.29) is 24.1 Å². The zero-order valence-corrected chi connectivity index (χ0v) is 20.7. The Kier molecular flexibility index (Phi) is 5.57. The molecule has 3 heterocycles. The number of rotatable bonds is 3. The quantitative estimate of drug-likeness (QED) is 0.341. The highest BCUT2D eigenvalue weighted by molar-refractivity contribution is 5.88. The van der Waals surface area contributed by atoms with Gasteiger partial charge in [-0.25, -0.2) is 14.5 Å². The van der Waals surface area contributed by atoms with Gasteiger partial charge in [0.2, 0.25) is 0 Å². The molecule has 1 aliphatic heterocycles. The zero-order valence-electron chi connectivity index (χ0n) is 20.7. The van der Waals surface area contributed by atoms with Crippen LogP contribution in [0.5, 0.6) is 0 Å². The van der Waals surface area contributed by atoms with Crippen LogP contribution in [0.3, 0.4) is 0 Å². The summed E-state index contributed by atoms with van der Waals surface area (Å²) in [5.41, 5.74) is 5.47. The Morgan fingerprint density at radius 3 is 2.76 bits per heavy atom. The van der Waals surface area contributed by atoms with E-state index in [0.717, 1.165) is 33.2 Å². The van der Waals surface area contributed by atoms with Crippen LogP contribution in [0.2, 0.25) is 0 Å². The lowest BCUT2D eigenvalue weighted by molar-refractivity contribution is -0.0747. The van der Waals surface area contributed by atoms with Crippen molar-refractivity contribution in [3.8, 4) is 23.1 Å². The van der Waals surface area contributed by atoms with E-state index in [9.17, 15) is 25.4 Å². The number of aromatic nitrogens is 4. The minimum Gasteiger partial charge on any atom is -0.396 e. The van der Waals surface area contributed by atoms with Gasteiger partial charge in [-0.1, -0.05) is 6.92 Å². The SMILES string of the molecule is CC1c2cc(c(CC3CC(O)C(O)C(CO)C3)cc2C#N)-c2n[nH]c(=O)n2-c2ccc3c(c2)c1cn3C. The molecule has 2 aromatic heterocycles. The highest BCUT2D eigenvalue weighted by atomic mass is 16.3. The Labute approximate surface area is 213 Å². The Morgan fingerprint density at radius 1 is 1.19 bits per heavy atom. The molecule has 0 amide bonds. The van der Waals surface area contributed by atoms with Gasteiger partial charge in [0, 0.05) is 48.2 Å². The van der Waals surface area contributed by atoms with E-state index in [1.54, 1.807) is 4.57 Å². The van der Waals surface area contributed by atoms with E-state index in [1.807, 2.05) is 37.4 Å². The van der Waals surface area contributed by atoms with E-state index in [4.69, 9.17) is 0 Å². The number of aliphatic hydroxyl groups is 3. The topological polar surface area (TPSA) is 140 Å². The predicted octanol–water partition coefficient (Wildman–Crippen LogP) is 2.34. The van der Waals surface area contributed by atoms with Gasteiger partial charge >= 0.3 is 5.69 Å². The summed E-state index contributed by atoms with van der Waals surface area (Å²) in [6, 6.07) is 12.1. The van der Waals surface area contributed by atoms with Crippen LogP contribution in [-0.4, -0.2) is 53.5 Å². The summed E-state index contributed by atoms with van der Waals surface area (Å²) in [6.07, 6.45) is 1.64. The van der Waals surface area contributed by atoms with Gasteiger partial charge in [0.25, 0.3) is 0 Å². The molecule has 4 aromatic rings. The van der Waals surface area contributed by atoms with Gasteiger partial charge in [-0.15, -0.1) is 0 Å². The lowest BCUT2D eigenvalue weighted by atomic mass is 9.74. The van der Waals surface area contributed by atoms with Crippen molar-refractivity contribution in [2.24, 2.45) is 18.9 Å². The minimum atomic E-state index is -0.956. The van der Waals surface area contributed by atoms with Crippen molar-refractivity contribution < 1.29 is 15.3 Å². The van der Waals surface area contributed by atoms with Crippen LogP contribution in [0, 0.1) is 23.2 Å². The molecule has 4 N–H and O–H groups in total. The van der Waals surface area contributed by atoms with Gasteiger partial charge in [-0.05, 0) is 72.2 Å². The van der Waals surface area contributed by atoms with Crippen LogP contribution in [-0.2, 0) is 13.5 Å². The number of H-pyrrole nitrogens is 1. The normalized spacial score (nSPS) is 24.7. The lowest BCUT2D eigenvalue weighted by Gasteiger charge is -2.36. The molecule has 190 valence electrons. The fourth-order valence-electron chi connectivity index (χ4n) is 6.39. The first-order valence-electron chi connectivity index (χ1n) is 12.6. The maximum Gasteiger partial charge on any atom is 0.348 e. The highest BCUT2D eigenvalue weighted by Gasteiger charge is 2.36. The van der Waals surface area contributed by atoms with Crippen LogP contribution < -0.4 is 5.69 Å². The molecule has 5 atom stereocenters. The monoisotopic (exact) mass is 499 g/mol. The second kappa shape index (κ2) is 8.70. The number of aliphatic hydroxyl groups excluding tert-OH is 3. The molecule has 9 nitrogen and oxygen atoms in total. The molecule has 1 fully saturated rings. The average Bonchev–Trinajstić information content (AvgIpc) is 3.44. The number of aryl methyl sites for hydroxylation is 1. The van der Waals surface area contributed by atoms with Crippen molar-refractivity contribution in [3.05, 3.63) is 69.3 Å². The molecule has 0 spiro atoms. The summed E-state index contributed by atoms with van der Waals surface area (Å²) in [7, 11) is 1.99. The Bertz CT molecular complexity index is 1620. The van der Waals surface area contributed by atoms with E-state index in [1.165, 1.54) is 0 Å². The molecular formula is C28H29N5O4. The van der Waals surface area contributed by atoms with E-state index in [0.29, 0.717) is 36.3 Å². The first kappa shape index (κ1) is 23.7. The summed E-state index contributed by atoms with van der Waals surface area (Å²) in [5, 5.41) is 48.6.